The van der Waals surface area contributed by atoms with E-state index in [1.54, 1.807) is 12.1 Å². The number of benzene rings is 3. The lowest BCUT2D eigenvalue weighted by atomic mass is 9.83. The molecule has 4 aromatic rings. The van der Waals surface area contributed by atoms with Crippen LogP contribution in [0.1, 0.15) is 53.3 Å². The first-order chi connectivity index (χ1) is 16.1. The number of halogens is 1. The summed E-state index contributed by atoms with van der Waals surface area (Å²) in [6, 6.07) is 25.8. The third-order valence-corrected chi connectivity index (χ3v) is 7.05. The molecule has 33 heavy (non-hydrogen) atoms. The number of fused-ring (bicyclic) bond motifs is 3. The van der Waals surface area contributed by atoms with E-state index in [1.807, 2.05) is 41.3 Å². The summed E-state index contributed by atoms with van der Waals surface area (Å²) in [5.74, 6) is 0.119. The number of aromatic nitrogens is 1. The van der Waals surface area contributed by atoms with Gasteiger partial charge in [0.2, 0.25) is 5.91 Å². The van der Waals surface area contributed by atoms with Gasteiger partial charge in [0.15, 0.2) is 0 Å². The summed E-state index contributed by atoms with van der Waals surface area (Å²) in [6.07, 6.45) is 1.06. The summed E-state index contributed by atoms with van der Waals surface area (Å²) in [5.41, 5.74) is 6.13. The molecule has 3 aromatic carbocycles. The Kier molecular flexibility index (Phi) is 5.66. The fraction of sp³-hybridized carbons (Fsp3) is 0.214. The molecule has 2 heterocycles. The van der Waals surface area contributed by atoms with Crippen molar-refractivity contribution >= 4 is 28.4 Å². The summed E-state index contributed by atoms with van der Waals surface area (Å²) < 4.78 is 0. The Morgan fingerprint density at radius 3 is 2.58 bits per heavy atom. The molecule has 0 radical (unpaired) electrons. The van der Waals surface area contributed by atoms with Gasteiger partial charge >= 0.3 is 0 Å². The molecule has 1 aliphatic heterocycles. The lowest BCUT2D eigenvalue weighted by Crippen LogP contribution is -2.41. The average molecular weight is 454 g/mol. The first-order valence-electron chi connectivity index (χ1n) is 11.2. The maximum Gasteiger partial charge on any atom is 0.223 e. The van der Waals surface area contributed by atoms with Gasteiger partial charge in [0, 0.05) is 40.5 Å². The second-order valence-corrected chi connectivity index (χ2v) is 9.01. The molecular formula is C28H24ClN3O. The largest absolute Gasteiger partial charge is 0.356 e. The fourth-order valence-corrected chi connectivity index (χ4v) is 5.23. The standard InChI is InChI=1S/C28H24ClN3O/c1-18-28-27(22-7-3-5-9-25(22)31-28)23(21-6-2-4-8-24(21)29)17-32(18)26(33)15-14-19-10-12-20(16-30)13-11-19/h2-13,18,23,31H,14-15,17H2,1H3. The molecule has 2 unspecified atom stereocenters. The Hall–Kier alpha value is -3.55. The fourth-order valence-electron chi connectivity index (χ4n) is 4.96. The highest BCUT2D eigenvalue weighted by molar-refractivity contribution is 6.31. The molecule has 1 aromatic heterocycles. The number of carbonyl (C=O) groups excluding carboxylic acids is 1. The average Bonchev–Trinajstić information content (AvgIpc) is 3.24. The van der Waals surface area contributed by atoms with Crippen LogP contribution in [0.25, 0.3) is 10.9 Å². The van der Waals surface area contributed by atoms with Gasteiger partial charge in [0.25, 0.3) is 0 Å². The van der Waals surface area contributed by atoms with Gasteiger partial charge in [-0.3, -0.25) is 4.79 Å². The number of rotatable bonds is 4. The summed E-state index contributed by atoms with van der Waals surface area (Å²) in [7, 11) is 0. The van der Waals surface area contributed by atoms with Gasteiger partial charge < -0.3 is 9.88 Å². The number of nitriles is 1. The molecule has 0 bridgehead atoms. The van der Waals surface area contributed by atoms with E-state index in [1.165, 1.54) is 10.9 Å². The SMILES string of the molecule is CC1c2[nH]c3ccccc3c2C(c2ccccc2Cl)CN1C(=O)CCc1ccc(C#N)cc1. The van der Waals surface area contributed by atoms with E-state index < -0.39 is 0 Å². The van der Waals surface area contributed by atoms with Crippen LogP contribution < -0.4 is 0 Å². The van der Waals surface area contributed by atoms with Gasteiger partial charge in [-0.05, 0) is 54.3 Å². The van der Waals surface area contributed by atoms with E-state index in [0.717, 1.165) is 27.4 Å². The predicted octanol–water partition coefficient (Wildman–Crippen LogP) is 6.36. The molecular weight excluding hydrogens is 430 g/mol. The van der Waals surface area contributed by atoms with Crippen molar-refractivity contribution in [2.75, 3.05) is 6.54 Å². The minimum Gasteiger partial charge on any atom is -0.356 e. The molecule has 0 fully saturated rings. The Labute approximate surface area is 198 Å². The minimum atomic E-state index is -0.0559. The van der Waals surface area contributed by atoms with E-state index in [0.29, 0.717) is 24.9 Å². The van der Waals surface area contributed by atoms with Crippen molar-refractivity contribution in [1.29, 1.82) is 5.26 Å². The van der Waals surface area contributed by atoms with Gasteiger partial charge in [-0.15, -0.1) is 0 Å². The zero-order chi connectivity index (χ0) is 22.9. The van der Waals surface area contributed by atoms with Crippen molar-refractivity contribution < 1.29 is 4.79 Å². The van der Waals surface area contributed by atoms with Crippen molar-refractivity contribution in [3.05, 3.63) is 106 Å². The van der Waals surface area contributed by atoms with E-state index in [2.05, 4.69) is 42.2 Å². The minimum absolute atomic E-state index is 0.0000814. The highest BCUT2D eigenvalue weighted by atomic mass is 35.5. The zero-order valence-corrected chi connectivity index (χ0v) is 19.1. The molecule has 5 rings (SSSR count). The van der Waals surface area contributed by atoms with E-state index >= 15 is 0 Å². The molecule has 0 saturated carbocycles. The van der Waals surface area contributed by atoms with Crippen molar-refractivity contribution in [2.45, 2.75) is 31.7 Å². The van der Waals surface area contributed by atoms with Crippen molar-refractivity contribution in [2.24, 2.45) is 0 Å². The number of nitrogens with zero attached hydrogens (tertiary/aromatic N) is 2. The third kappa shape index (κ3) is 3.90. The number of amides is 1. The van der Waals surface area contributed by atoms with Gasteiger partial charge in [-0.2, -0.15) is 5.26 Å². The van der Waals surface area contributed by atoms with Gasteiger partial charge in [0.05, 0.1) is 17.7 Å². The van der Waals surface area contributed by atoms with Crippen molar-refractivity contribution in [3.8, 4) is 6.07 Å². The molecule has 1 amide bonds. The lowest BCUT2D eigenvalue weighted by Gasteiger charge is -2.39. The Morgan fingerprint density at radius 1 is 1.09 bits per heavy atom. The molecule has 0 spiro atoms. The number of hydrogen-bond acceptors (Lipinski definition) is 2. The van der Waals surface area contributed by atoms with Crippen LogP contribution >= 0.6 is 11.6 Å². The van der Waals surface area contributed by atoms with Crippen LogP contribution in [-0.4, -0.2) is 22.3 Å². The van der Waals surface area contributed by atoms with E-state index in [-0.39, 0.29) is 17.9 Å². The lowest BCUT2D eigenvalue weighted by molar-refractivity contribution is -0.134. The summed E-state index contributed by atoms with van der Waals surface area (Å²) in [6.45, 7) is 2.68. The van der Waals surface area contributed by atoms with Crippen LogP contribution in [0.15, 0.2) is 72.8 Å². The monoisotopic (exact) mass is 453 g/mol. The van der Waals surface area contributed by atoms with Crippen LogP contribution in [0.2, 0.25) is 5.02 Å². The third-order valence-electron chi connectivity index (χ3n) is 6.70. The zero-order valence-electron chi connectivity index (χ0n) is 18.4. The Balaban J connectivity index is 1.48. The number of aryl methyl sites for hydroxylation is 1. The number of carbonyl (C=O) groups is 1. The molecule has 0 aliphatic carbocycles. The van der Waals surface area contributed by atoms with Crippen LogP contribution in [0.5, 0.6) is 0 Å². The van der Waals surface area contributed by atoms with Gasteiger partial charge in [-0.25, -0.2) is 0 Å². The van der Waals surface area contributed by atoms with Crippen LogP contribution in [0.3, 0.4) is 0 Å². The van der Waals surface area contributed by atoms with E-state index in [4.69, 9.17) is 16.9 Å². The van der Waals surface area contributed by atoms with Gasteiger partial charge in [0.1, 0.15) is 0 Å². The molecule has 164 valence electrons. The van der Waals surface area contributed by atoms with E-state index in [9.17, 15) is 4.79 Å². The number of H-pyrrole nitrogens is 1. The topological polar surface area (TPSA) is 59.9 Å². The van der Waals surface area contributed by atoms with Crippen molar-refractivity contribution in [1.82, 2.24) is 9.88 Å². The second kappa shape index (κ2) is 8.77. The first-order valence-corrected chi connectivity index (χ1v) is 11.6. The maximum atomic E-state index is 13.4. The van der Waals surface area contributed by atoms with Crippen LogP contribution in [0, 0.1) is 11.3 Å². The maximum absolute atomic E-state index is 13.4. The smallest absolute Gasteiger partial charge is 0.223 e. The van der Waals surface area contributed by atoms with Crippen LogP contribution in [-0.2, 0) is 11.2 Å². The summed E-state index contributed by atoms with van der Waals surface area (Å²) in [5, 5.41) is 10.9. The Morgan fingerprint density at radius 2 is 1.82 bits per heavy atom. The highest BCUT2D eigenvalue weighted by Gasteiger charge is 2.37. The molecule has 1 aliphatic rings. The first kappa shape index (κ1) is 21.3. The number of aromatic amines is 1. The summed E-state index contributed by atoms with van der Waals surface area (Å²) in [4.78, 5) is 19.0. The molecule has 1 N–H and O–H groups in total. The number of nitrogens with one attached hydrogen (secondary N) is 1. The summed E-state index contributed by atoms with van der Waals surface area (Å²) >= 11 is 6.64. The van der Waals surface area contributed by atoms with Gasteiger partial charge in [-0.1, -0.05) is 60.1 Å². The second-order valence-electron chi connectivity index (χ2n) is 8.60. The van der Waals surface area contributed by atoms with Crippen molar-refractivity contribution in [3.63, 3.8) is 0 Å². The molecule has 2 atom stereocenters. The molecule has 0 saturated heterocycles. The number of hydrogen-bond donors (Lipinski definition) is 1. The quantitative estimate of drug-likeness (QED) is 0.390. The highest BCUT2D eigenvalue weighted by Crippen LogP contribution is 2.44. The number of para-hydroxylation sites is 1. The predicted molar refractivity (Wildman–Crippen MR) is 131 cm³/mol. The molecule has 5 heteroatoms. The molecule has 4 nitrogen and oxygen atoms in total. The Bertz CT molecular complexity index is 1370. The normalized spacial score (nSPS) is 17.5. The van der Waals surface area contributed by atoms with Crippen LogP contribution in [0.4, 0.5) is 0 Å².